The SMILES string of the molecule is O=C(O)C(=O)Cc1cccc(F)c1F. The van der Waals surface area contributed by atoms with Gasteiger partial charge in [-0.05, 0) is 11.6 Å². The molecule has 0 atom stereocenters. The highest BCUT2D eigenvalue weighted by atomic mass is 19.2. The molecule has 0 spiro atoms. The fraction of sp³-hybridized carbons (Fsp3) is 0.111. The predicted octanol–water partition coefficient (Wildman–Crippen LogP) is 1.16. The van der Waals surface area contributed by atoms with Crippen LogP contribution >= 0.6 is 0 Å². The van der Waals surface area contributed by atoms with Crippen molar-refractivity contribution in [2.24, 2.45) is 0 Å². The molecule has 5 heteroatoms. The molecule has 0 bridgehead atoms. The summed E-state index contributed by atoms with van der Waals surface area (Å²) in [6.07, 6.45) is -0.640. The van der Waals surface area contributed by atoms with Crippen LogP contribution in [0.4, 0.5) is 8.78 Å². The largest absolute Gasteiger partial charge is 0.475 e. The van der Waals surface area contributed by atoms with Gasteiger partial charge < -0.3 is 5.11 Å². The Kier molecular flexibility index (Phi) is 2.91. The lowest BCUT2D eigenvalue weighted by molar-refractivity contribution is -0.148. The molecule has 0 heterocycles. The number of rotatable bonds is 3. The van der Waals surface area contributed by atoms with Gasteiger partial charge in [0, 0.05) is 6.42 Å². The molecule has 0 fully saturated rings. The van der Waals surface area contributed by atoms with Gasteiger partial charge in [0.1, 0.15) is 0 Å². The summed E-state index contributed by atoms with van der Waals surface area (Å²) in [4.78, 5) is 20.8. The zero-order chi connectivity index (χ0) is 10.7. The molecule has 1 rings (SSSR count). The van der Waals surface area contributed by atoms with E-state index in [1.165, 1.54) is 12.1 Å². The van der Waals surface area contributed by atoms with Gasteiger partial charge in [0.2, 0.25) is 5.78 Å². The first-order valence-electron chi connectivity index (χ1n) is 3.71. The number of ketones is 1. The number of Topliss-reactive ketones (excluding diaryl/α,β-unsaturated/α-hetero) is 1. The molecule has 14 heavy (non-hydrogen) atoms. The molecule has 0 saturated carbocycles. The third-order valence-corrected chi connectivity index (χ3v) is 1.62. The van der Waals surface area contributed by atoms with Crippen LogP contribution < -0.4 is 0 Å². The van der Waals surface area contributed by atoms with Crippen molar-refractivity contribution in [3.8, 4) is 0 Å². The van der Waals surface area contributed by atoms with Crippen LogP contribution in [0.2, 0.25) is 0 Å². The number of carboxylic acids is 1. The van der Waals surface area contributed by atoms with Gasteiger partial charge in [0.15, 0.2) is 11.6 Å². The van der Waals surface area contributed by atoms with Gasteiger partial charge >= 0.3 is 5.97 Å². The molecule has 0 radical (unpaired) electrons. The summed E-state index contributed by atoms with van der Waals surface area (Å²) >= 11 is 0. The molecule has 0 aliphatic carbocycles. The first-order chi connectivity index (χ1) is 6.52. The van der Waals surface area contributed by atoms with Crippen molar-refractivity contribution in [1.29, 1.82) is 0 Å². The average molecular weight is 200 g/mol. The van der Waals surface area contributed by atoms with E-state index in [4.69, 9.17) is 5.11 Å². The van der Waals surface area contributed by atoms with Crippen LogP contribution in [0.3, 0.4) is 0 Å². The molecule has 0 amide bonds. The molecule has 0 aliphatic rings. The number of benzene rings is 1. The molecular weight excluding hydrogens is 194 g/mol. The molecule has 0 aromatic heterocycles. The topological polar surface area (TPSA) is 54.4 Å². The minimum Gasteiger partial charge on any atom is -0.475 e. The Morgan fingerprint density at radius 1 is 1.29 bits per heavy atom. The highest BCUT2D eigenvalue weighted by Gasteiger charge is 2.16. The van der Waals surface area contributed by atoms with Crippen molar-refractivity contribution in [2.45, 2.75) is 6.42 Å². The van der Waals surface area contributed by atoms with Crippen molar-refractivity contribution in [3.05, 3.63) is 35.4 Å². The Morgan fingerprint density at radius 3 is 2.50 bits per heavy atom. The molecule has 1 aromatic carbocycles. The van der Waals surface area contributed by atoms with Gasteiger partial charge in [-0.2, -0.15) is 0 Å². The van der Waals surface area contributed by atoms with E-state index >= 15 is 0 Å². The number of carboxylic acid groups (broad SMARTS) is 1. The summed E-state index contributed by atoms with van der Waals surface area (Å²) in [5.41, 5.74) is -0.252. The van der Waals surface area contributed by atoms with E-state index in [1.807, 2.05) is 0 Å². The smallest absolute Gasteiger partial charge is 0.372 e. The second kappa shape index (κ2) is 3.95. The van der Waals surface area contributed by atoms with Gasteiger partial charge in [-0.25, -0.2) is 13.6 Å². The third kappa shape index (κ3) is 2.12. The number of hydrogen-bond donors (Lipinski definition) is 1. The monoisotopic (exact) mass is 200 g/mol. The Labute approximate surface area is 78.0 Å². The van der Waals surface area contributed by atoms with E-state index in [0.29, 0.717) is 0 Å². The van der Waals surface area contributed by atoms with E-state index in [0.717, 1.165) is 6.07 Å². The molecule has 0 aliphatic heterocycles. The second-order valence-corrected chi connectivity index (χ2v) is 2.62. The van der Waals surface area contributed by atoms with Gasteiger partial charge in [0.05, 0.1) is 0 Å². The number of carbonyl (C=O) groups is 2. The molecule has 3 nitrogen and oxygen atoms in total. The fourth-order valence-electron chi connectivity index (χ4n) is 0.934. The quantitative estimate of drug-likeness (QED) is 0.745. The molecule has 0 saturated heterocycles. The standard InChI is InChI=1S/C9H6F2O3/c10-6-3-1-2-5(8(6)11)4-7(12)9(13)14/h1-3H,4H2,(H,13,14). The summed E-state index contributed by atoms with van der Waals surface area (Å²) in [6, 6.07) is 3.27. The van der Waals surface area contributed by atoms with Gasteiger partial charge in [-0.15, -0.1) is 0 Å². The van der Waals surface area contributed by atoms with Crippen LogP contribution in [0.25, 0.3) is 0 Å². The summed E-state index contributed by atoms with van der Waals surface area (Å²) in [5, 5.41) is 8.24. The van der Waals surface area contributed by atoms with E-state index in [1.54, 1.807) is 0 Å². The van der Waals surface area contributed by atoms with Crippen LogP contribution in [0.5, 0.6) is 0 Å². The Bertz CT molecular complexity index is 388. The summed E-state index contributed by atoms with van der Waals surface area (Å²) in [5.74, 6) is -5.11. The van der Waals surface area contributed by atoms with Crippen LogP contribution in [0.15, 0.2) is 18.2 Å². The summed E-state index contributed by atoms with van der Waals surface area (Å²) < 4.78 is 25.5. The minimum atomic E-state index is -1.66. The predicted molar refractivity (Wildman–Crippen MR) is 42.7 cm³/mol. The zero-order valence-corrected chi connectivity index (χ0v) is 6.96. The first kappa shape index (κ1) is 10.3. The highest BCUT2D eigenvalue weighted by molar-refractivity contribution is 6.33. The van der Waals surface area contributed by atoms with Crippen molar-refractivity contribution < 1.29 is 23.5 Å². The molecular formula is C9H6F2O3. The van der Waals surface area contributed by atoms with E-state index in [9.17, 15) is 18.4 Å². The highest BCUT2D eigenvalue weighted by Crippen LogP contribution is 2.11. The van der Waals surface area contributed by atoms with Crippen molar-refractivity contribution in [1.82, 2.24) is 0 Å². The number of carbonyl (C=O) groups excluding carboxylic acids is 1. The Balaban J connectivity index is 2.93. The van der Waals surface area contributed by atoms with Gasteiger partial charge in [-0.1, -0.05) is 12.1 Å². The normalized spacial score (nSPS) is 9.86. The number of hydrogen-bond acceptors (Lipinski definition) is 2. The molecule has 1 N–H and O–H groups in total. The van der Waals surface area contributed by atoms with Crippen molar-refractivity contribution in [3.63, 3.8) is 0 Å². The maximum Gasteiger partial charge on any atom is 0.372 e. The fourth-order valence-corrected chi connectivity index (χ4v) is 0.934. The Hall–Kier alpha value is -1.78. The van der Waals surface area contributed by atoms with E-state index in [-0.39, 0.29) is 5.56 Å². The van der Waals surface area contributed by atoms with Crippen LogP contribution in [0, 0.1) is 11.6 Å². The van der Waals surface area contributed by atoms with Crippen molar-refractivity contribution in [2.75, 3.05) is 0 Å². The number of halogens is 2. The lowest BCUT2D eigenvalue weighted by atomic mass is 10.1. The average Bonchev–Trinajstić information content (AvgIpc) is 2.12. The van der Waals surface area contributed by atoms with Crippen LogP contribution in [-0.2, 0) is 16.0 Å². The lowest BCUT2D eigenvalue weighted by Gasteiger charge is -2.00. The van der Waals surface area contributed by atoms with Crippen molar-refractivity contribution >= 4 is 11.8 Å². The second-order valence-electron chi connectivity index (χ2n) is 2.62. The zero-order valence-electron chi connectivity index (χ0n) is 6.96. The minimum absolute atomic E-state index is 0.252. The first-order valence-corrected chi connectivity index (χ1v) is 3.71. The molecule has 0 unspecified atom stereocenters. The lowest BCUT2D eigenvalue weighted by Crippen LogP contribution is -2.16. The van der Waals surface area contributed by atoms with Crippen LogP contribution in [0.1, 0.15) is 5.56 Å². The summed E-state index contributed by atoms with van der Waals surface area (Å²) in [7, 11) is 0. The summed E-state index contributed by atoms with van der Waals surface area (Å²) in [6.45, 7) is 0. The van der Waals surface area contributed by atoms with Gasteiger partial charge in [0.25, 0.3) is 0 Å². The maximum atomic E-state index is 12.9. The Morgan fingerprint density at radius 2 is 1.93 bits per heavy atom. The maximum absolute atomic E-state index is 12.9. The van der Waals surface area contributed by atoms with Gasteiger partial charge in [-0.3, -0.25) is 4.79 Å². The number of aliphatic carboxylic acids is 1. The molecule has 1 aromatic rings. The van der Waals surface area contributed by atoms with E-state index < -0.39 is 29.8 Å². The molecule has 74 valence electrons. The van der Waals surface area contributed by atoms with E-state index in [2.05, 4.69) is 0 Å². The third-order valence-electron chi connectivity index (χ3n) is 1.62. The van der Waals surface area contributed by atoms with Crippen LogP contribution in [-0.4, -0.2) is 16.9 Å².